The summed E-state index contributed by atoms with van der Waals surface area (Å²) in [5.41, 5.74) is 1.70. The van der Waals surface area contributed by atoms with Crippen LogP contribution in [0.25, 0.3) is 0 Å². The Kier molecular flexibility index (Phi) is 5.17. The first-order valence-corrected chi connectivity index (χ1v) is 12.1. The quantitative estimate of drug-likeness (QED) is 0.751. The van der Waals surface area contributed by atoms with Crippen LogP contribution in [0.15, 0.2) is 58.3 Å². The van der Waals surface area contributed by atoms with Crippen molar-refractivity contribution >= 4 is 25.7 Å². The van der Waals surface area contributed by atoms with Crippen LogP contribution in [0.1, 0.15) is 12.0 Å². The monoisotopic (exact) mass is 422 g/mol. The number of para-hydroxylation sites is 1. The Labute approximate surface area is 165 Å². The topological polar surface area (TPSA) is 84.0 Å². The summed E-state index contributed by atoms with van der Waals surface area (Å²) in [5.74, 6) is 0. The van der Waals surface area contributed by atoms with E-state index in [0.717, 1.165) is 18.4 Å². The summed E-state index contributed by atoms with van der Waals surface area (Å²) < 4.78 is 59.7. The number of rotatable bonds is 4. The van der Waals surface area contributed by atoms with E-state index in [2.05, 4.69) is 0 Å². The Bertz CT molecular complexity index is 1060. The lowest BCUT2D eigenvalue weighted by molar-refractivity contribution is 0.0730. The molecule has 0 atom stereocenters. The Balaban J connectivity index is 1.64. The van der Waals surface area contributed by atoms with Gasteiger partial charge in [-0.25, -0.2) is 16.8 Å². The van der Waals surface area contributed by atoms with Crippen molar-refractivity contribution < 1.29 is 21.6 Å². The fourth-order valence-electron chi connectivity index (χ4n) is 3.60. The number of hydrogen-bond acceptors (Lipinski definition) is 5. The van der Waals surface area contributed by atoms with Crippen LogP contribution in [0.5, 0.6) is 0 Å². The van der Waals surface area contributed by atoms with Gasteiger partial charge in [0.2, 0.25) is 10.0 Å². The number of anilines is 1. The first kappa shape index (κ1) is 19.4. The SMILES string of the molecule is O=S(=O)(c1ccc(S(=O)(=O)N2CCCc3ccccc32)cc1)N1CCOCC1. The standard InChI is InChI=1S/C19H22N2O5S2/c22-27(23,20-12-14-26-15-13-20)17-7-9-18(10-8-17)28(24,25)21-11-3-5-16-4-1-2-6-19(16)21/h1-2,4,6-10H,3,5,11-15H2. The minimum atomic E-state index is -3.76. The van der Waals surface area contributed by atoms with Gasteiger partial charge in [0.1, 0.15) is 0 Å². The zero-order valence-electron chi connectivity index (χ0n) is 15.3. The maximum Gasteiger partial charge on any atom is 0.264 e. The molecule has 0 N–H and O–H groups in total. The molecule has 0 spiro atoms. The molecule has 2 aliphatic rings. The van der Waals surface area contributed by atoms with Crippen molar-refractivity contribution in [3.8, 4) is 0 Å². The summed E-state index contributed by atoms with van der Waals surface area (Å²) in [6.45, 7) is 1.73. The van der Waals surface area contributed by atoms with Gasteiger partial charge in [-0.1, -0.05) is 18.2 Å². The largest absolute Gasteiger partial charge is 0.379 e. The molecule has 0 radical (unpaired) electrons. The van der Waals surface area contributed by atoms with Gasteiger partial charge in [-0.15, -0.1) is 0 Å². The van der Waals surface area contributed by atoms with Crippen LogP contribution in [0.3, 0.4) is 0 Å². The van der Waals surface area contributed by atoms with Crippen molar-refractivity contribution in [3.05, 3.63) is 54.1 Å². The van der Waals surface area contributed by atoms with Gasteiger partial charge in [-0.05, 0) is 48.7 Å². The first-order chi connectivity index (χ1) is 13.4. The lowest BCUT2D eigenvalue weighted by atomic mass is 10.0. The normalized spacial score (nSPS) is 18.6. The number of hydrogen-bond donors (Lipinski definition) is 0. The number of morpholine rings is 1. The molecule has 4 rings (SSSR count). The predicted molar refractivity (Wildman–Crippen MR) is 105 cm³/mol. The Morgan fingerprint density at radius 1 is 0.750 bits per heavy atom. The van der Waals surface area contributed by atoms with E-state index in [1.165, 1.54) is 32.9 Å². The van der Waals surface area contributed by atoms with Crippen molar-refractivity contribution in [2.75, 3.05) is 37.2 Å². The van der Waals surface area contributed by atoms with E-state index in [9.17, 15) is 16.8 Å². The second-order valence-electron chi connectivity index (χ2n) is 6.80. The van der Waals surface area contributed by atoms with E-state index < -0.39 is 20.0 Å². The van der Waals surface area contributed by atoms with Crippen LogP contribution in [-0.4, -0.2) is 54.0 Å². The van der Waals surface area contributed by atoms with Gasteiger partial charge in [0.05, 0.1) is 28.7 Å². The molecular formula is C19H22N2O5S2. The van der Waals surface area contributed by atoms with Gasteiger partial charge in [-0.2, -0.15) is 4.31 Å². The minimum absolute atomic E-state index is 0.0881. The highest BCUT2D eigenvalue weighted by molar-refractivity contribution is 7.93. The van der Waals surface area contributed by atoms with Crippen molar-refractivity contribution in [1.29, 1.82) is 0 Å². The molecule has 9 heteroatoms. The van der Waals surface area contributed by atoms with Crippen LogP contribution in [0.2, 0.25) is 0 Å². The molecule has 0 saturated carbocycles. The molecule has 2 heterocycles. The van der Waals surface area contributed by atoms with E-state index in [4.69, 9.17) is 4.74 Å². The van der Waals surface area contributed by atoms with Gasteiger partial charge in [0.25, 0.3) is 10.0 Å². The van der Waals surface area contributed by atoms with Crippen LogP contribution >= 0.6 is 0 Å². The third-order valence-electron chi connectivity index (χ3n) is 5.09. The molecule has 1 fully saturated rings. The summed E-state index contributed by atoms with van der Waals surface area (Å²) in [6, 6.07) is 13.0. The molecule has 2 aromatic rings. The highest BCUT2D eigenvalue weighted by Gasteiger charge is 2.30. The molecule has 0 unspecified atom stereocenters. The second kappa shape index (κ2) is 7.47. The molecule has 150 valence electrons. The third-order valence-corrected chi connectivity index (χ3v) is 8.83. The molecule has 2 aromatic carbocycles. The molecular weight excluding hydrogens is 400 g/mol. The summed E-state index contributed by atoms with van der Waals surface area (Å²) in [7, 11) is -7.41. The summed E-state index contributed by atoms with van der Waals surface area (Å²) >= 11 is 0. The maximum absolute atomic E-state index is 13.2. The van der Waals surface area contributed by atoms with E-state index in [0.29, 0.717) is 38.5 Å². The lowest BCUT2D eigenvalue weighted by Crippen LogP contribution is -2.40. The number of aryl methyl sites for hydroxylation is 1. The molecule has 1 saturated heterocycles. The molecule has 2 aliphatic heterocycles. The van der Waals surface area contributed by atoms with Gasteiger partial charge >= 0.3 is 0 Å². The highest BCUT2D eigenvalue weighted by atomic mass is 32.2. The summed E-state index contributed by atoms with van der Waals surface area (Å²) in [6.07, 6.45) is 1.60. The third kappa shape index (κ3) is 3.43. The van der Waals surface area contributed by atoms with E-state index in [1.807, 2.05) is 24.3 Å². The lowest BCUT2D eigenvalue weighted by Gasteiger charge is -2.30. The number of benzene rings is 2. The van der Waals surface area contributed by atoms with Gasteiger partial charge in [-0.3, -0.25) is 4.31 Å². The van der Waals surface area contributed by atoms with Crippen LogP contribution < -0.4 is 4.31 Å². The fourth-order valence-corrected chi connectivity index (χ4v) is 6.54. The average Bonchev–Trinajstić information content (AvgIpc) is 2.74. The van der Waals surface area contributed by atoms with E-state index in [1.54, 1.807) is 0 Å². The summed E-state index contributed by atoms with van der Waals surface area (Å²) in [5, 5.41) is 0. The Hall–Kier alpha value is -1.94. The molecule has 0 bridgehead atoms. The number of ether oxygens (including phenoxy) is 1. The maximum atomic E-state index is 13.2. The van der Waals surface area contributed by atoms with Gasteiger partial charge < -0.3 is 4.74 Å². The van der Waals surface area contributed by atoms with Crippen LogP contribution in [0.4, 0.5) is 5.69 Å². The summed E-state index contributed by atoms with van der Waals surface area (Å²) in [4.78, 5) is 0.178. The fraction of sp³-hybridized carbons (Fsp3) is 0.368. The van der Waals surface area contributed by atoms with Gasteiger partial charge in [0.15, 0.2) is 0 Å². The van der Waals surface area contributed by atoms with Crippen molar-refractivity contribution in [2.24, 2.45) is 0 Å². The smallest absolute Gasteiger partial charge is 0.264 e. The zero-order valence-corrected chi connectivity index (χ0v) is 17.0. The zero-order chi connectivity index (χ0) is 19.8. The Morgan fingerprint density at radius 2 is 1.36 bits per heavy atom. The molecule has 0 amide bonds. The van der Waals surface area contributed by atoms with E-state index >= 15 is 0 Å². The molecule has 0 aliphatic carbocycles. The number of nitrogens with zero attached hydrogens (tertiary/aromatic N) is 2. The molecule has 28 heavy (non-hydrogen) atoms. The highest BCUT2D eigenvalue weighted by Crippen LogP contribution is 2.32. The van der Waals surface area contributed by atoms with Crippen molar-refractivity contribution in [3.63, 3.8) is 0 Å². The second-order valence-corrected chi connectivity index (χ2v) is 10.6. The minimum Gasteiger partial charge on any atom is -0.379 e. The van der Waals surface area contributed by atoms with E-state index in [-0.39, 0.29) is 9.79 Å². The van der Waals surface area contributed by atoms with Crippen LogP contribution in [0, 0.1) is 0 Å². The van der Waals surface area contributed by atoms with Crippen molar-refractivity contribution in [2.45, 2.75) is 22.6 Å². The Morgan fingerprint density at radius 3 is 2.04 bits per heavy atom. The first-order valence-electron chi connectivity index (χ1n) is 9.19. The van der Waals surface area contributed by atoms with Crippen molar-refractivity contribution in [1.82, 2.24) is 4.31 Å². The number of sulfonamides is 2. The van der Waals surface area contributed by atoms with Gasteiger partial charge in [0, 0.05) is 19.6 Å². The predicted octanol–water partition coefficient (Wildman–Crippen LogP) is 1.85. The average molecular weight is 423 g/mol. The molecule has 7 nitrogen and oxygen atoms in total. The number of fused-ring (bicyclic) bond motifs is 1. The molecule has 0 aromatic heterocycles. The van der Waals surface area contributed by atoms with Crippen LogP contribution in [-0.2, 0) is 31.2 Å².